The number of aromatic nitrogens is 1. The van der Waals surface area contributed by atoms with Gasteiger partial charge in [-0.05, 0) is 12.1 Å². The smallest absolute Gasteiger partial charge is 0.260 e. The van der Waals surface area contributed by atoms with Crippen molar-refractivity contribution in [3.05, 3.63) is 71.1 Å². The third-order valence-electron chi connectivity index (χ3n) is 2.97. The molecular weight excluding hydrogens is 306 g/mol. The van der Waals surface area contributed by atoms with E-state index in [0.717, 1.165) is 23.4 Å². The number of nitrogens with one attached hydrogen (secondary N) is 1. The summed E-state index contributed by atoms with van der Waals surface area (Å²) in [4.78, 5) is 16.3. The van der Waals surface area contributed by atoms with Crippen LogP contribution in [0.2, 0.25) is 0 Å². The van der Waals surface area contributed by atoms with Crippen LogP contribution < -0.4 is 5.32 Å². The molecule has 3 nitrogen and oxygen atoms in total. The number of hydrogen-bond donors (Lipinski definition) is 1. The first kappa shape index (κ1) is 14.3. The number of anilines is 1. The molecule has 1 heterocycles. The van der Waals surface area contributed by atoms with Gasteiger partial charge in [0, 0.05) is 17.0 Å². The summed E-state index contributed by atoms with van der Waals surface area (Å²) >= 11 is 1.24. The molecule has 0 saturated heterocycles. The molecule has 2 aromatic carbocycles. The maximum atomic E-state index is 13.6. The molecule has 1 aromatic heterocycles. The number of halogens is 2. The van der Waals surface area contributed by atoms with E-state index in [9.17, 15) is 13.6 Å². The summed E-state index contributed by atoms with van der Waals surface area (Å²) in [7, 11) is 0. The van der Waals surface area contributed by atoms with Crippen LogP contribution in [0, 0.1) is 11.6 Å². The first-order valence-corrected chi connectivity index (χ1v) is 7.29. The zero-order valence-electron chi connectivity index (χ0n) is 11.2. The highest BCUT2D eigenvalue weighted by Gasteiger charge is 2.14. The minimum absolute atomic E-state index is 0.224. The van der Waals surface area contributed by atoms with Crippen molar-refractivity contribution in [2.24, 2.45) is 0 Å². The van der Waals surface area contributed by atoms with Crippen molar-refractivity contribution in [3.8, 4) is 11.3 Å². The van der Waals surface area contributed by atoms with Gasteiger partial charge in [0.25, 0.3) is 5.91 Å². The maximum absolute atomic E-state index is 13.6. The highest BCUT2D eigenvalue weighted by molar-refractivity contribution is 7.14. The van der Waals surface area contributed by atoms with Crippen LogP contribution in [0.25, 0.3) is 11.3 Å². The number of nitrogens with zero attached hydrogens (tertiary/aromatic N) is 1. The van der Waals surface area contributed by atoms with Gasteiger partial charge in [-0.1, -0.05) is 30.3 Å². The third kappa shape index (κ3) is 3.01. The van der Waals surface area contributed by atoms with Gasteiger partial charge in [0.2, 0.25) is 0 Å². The van der Waals surface area contributed by atoms with Crippen molar-refractivity contribution in [1.82, 2.24) is 4.98 Å². The number of benzene rings is 2. The molecule has 0 spiro atoms. The molecule has 0 fully saturated rings. The van der Waals surface area contributed by atoms with Crippen molar-refractivity contribution in [3.63, 3.8) is 0 Å². The summed E-state index contributed by atoms with van der Waals surface area (Å²) in [5.41, 5.74) is 1.42. The Morgan fingerprint density at radius 1 is 1.09 bits per heavy atom. The molecule has 22 heavy (non-hydrogen) atoms. The van der Waals surface area contributed by atoms with Crippen LogP contribution in [0.1, 0.15) is 10.4 Å². The van der Waals surface area contributed by atoms with E-state index in [-0.39, 0.29) is 5.56 Å². The van der Waals surface area contributed by atoms with E-state index in [1.165, 1.54) is 11.3 Å². The predicted octanol–water partition coefficient (Wildman–Crippen LogP) is 4.34. The van der Waals surface area contributed by atoms with Crippen molar-refractivity contribution in [2.75, 3.05) is 5.32 Å². The second-order valence-electron chi connectivity index (χ2n) is 4.48. The van der Waals surface area contributed by atoms with Gasteiger partial charge in [-0.15, -0.1) is 11.3 Å². The zero-order chi connectivity index (χ0) is 15.5. The topological polar surface area (TPSA) is 42.0 Å². The molecule has 3 rings (SSSR count). The van der Waals surface area contributed by atoms with Crippen LogP contribution in [-0.2, 0) is 0 Å². The highest BCUT2D eigenvalue weighted by Crippen LogP contribution is 2.25. The summed E-state index contributed by atoms with van der Waals surface area (Å²) in [6.07, 6.45) is 0. The standard InChI is InChI=1S/C16H10F2N2OS/c17-11-6-7-12(13(18)8-11)15(21)20-16-19-14(9-22-16)10-4-2-1-3-5-10/h1-9H,(H,19,20,21). The fourth-order valence-corrected chi connectivity index (χ4v) is 2.63. The van der Waals surface area contributed by atoms with Crippen LogP contribution in [0.3, 0.4) is 0 Å². The molecule has 0 aliphatic carbocycles. The Morgan fingerprint density at radius 3 is 2.59 bits per heavy atom. The molecule has 1 N–H and O–H groups in total. The molecule has 6 heteroatoms. The molecule has 1 amide bonds. The van der Waals surface area contributed by atoms with E-state index >= 15 is 0 Å². The normalized spacial score (nSPS) is 10.5. The lowest BCUT2D eigenvalue weighted by molar-refractivity contribution is 0.102. The zero-order valence-corrected chi connectivity index (χ0v) is 12.0. The summed E-state index contributed by atoms with van der Waals surface area (Å²) < 4.78 is 26.4. The Morgan fingerprint density at radius 2 is 1.86 bits per heavy atom. The first-order chi connectivity index (χ1) is 10.6. The fourth-order valence-electron chi connectivity index (χ4n) is 1.91. The van der Waals surface area contributed by atoms with Gasteiger partial charge in [-0.25, -0.2) is 13.8 Å². The lowest BCUT2D eigenvalue weighted by Crippen LogP contribution is -2.13. The second kappa shape index (κ2) is 6.03. The van der Waals surface area contributed by atoms with Gasteiger partial charge in [-0.2, -0.15) is 0 Å². The van der Waals surface area contributed by atoms with E-state index < -0.39 is 17.5 Å². The number of rotatable bonds is 3. The van der Waals surface area contributed by atoms with E-state index in [2.05, 4.69) is 10.3 Å². The molecule has 0 saturated carbocycles. The summed E-state index contributed by atoms with van der Waals surface area (Å²) in [5, 5.41) is 4.67. The Hall–Kier alpha value is -2.60. The molecule has 110 valence electrons. The van der Waals surface area contributed by atoms with Crippen LogP contribution in [0.5, 0.6) is 0 Å². The molecule has 0 radical (unpaired) electrons. The number of carbonyl (C=O) groups is 1. The van der Waals surface area contributed by atoms with E-state index in [1.807, 2.05) is 30.3 Å². The van der Waals surface area contributed by atoms with Crippen LogP contribution in [0.4, 0.5) is 13.9 Å². The largest absolute Gasteiger partial charge is 0.298 e. The van der Waals surface area contributed by atoms with E-state index in [0.29, 0.717) is 11.2 Å². The molecule has 0 atom stereocenters. The number of thiazole rings is 1. The van der Waals surface area contributed by atoms with Crippen molar-refractivity contribution in [2.45, 2.75) is 0 Å². The Balaban J connectivity index is 1.79. The number of carbonyl (C=O) groups excluding carboxylic acids is 1. The summed E-state index contributed by atoms with van der Waals surface area (Å²) in [6, 6.07) is 12.3. The van der Waals surface area contributed by atoms with Gasteiger partial charge in [0.05, 0.1) is 11.3 Å². The van der Waals surface area contributed by atoms with Crippen molar-refractivity contribution in [1.29, 1.82) is 0 Å². The van der Waals surface area contributed by atoms with E-state index in [4.69, 9.17) is 0 Å². The lowest BCUT2D eigenvalue weighted by atomic mass is 10.2. The molecule has 0 unspecified atom stereocenters. The molecular formula is C16H10F2N2OS. The van der Waals surface area contributed by atoms with Crippen LogP contribution in [-0.4, -0.2) is 10.9 Å². The average molecular weight is 316 g/mol. The van der Waals surface area contributed by atoms with E-state index in [1.54, 1.807) is 5.38 Å². The Kier molecular flexibility index (Phi) is 3.93. The quantitative estimate of drug-likeness (QED) is 0.781. The van der Waals surface area contributed by atoms with Crippen LogP contribution >= 0.6 is 11.3 Å². The summed E-state index contributed by atoms with van der Waals surface area (Å²) in [6.45, 7) is 0. The molecule has 0 aliphatic heterocycles. The van der Waals surface area contributed by atoms with Gasteiger partial charge in [-0.3, -0.25) is 10.1 Å². The highest BCUT2D eigenvalue weighted by atomic mass is 32.1. The molecule has 3 aromatic rings. The average Bonchev–Trinajstić information content (AvgIpc) is 2.96. The fraction of sp³-hybridized carbons (Fsp3) is 0. The Labute approximate surface area is 129 Å². The second-order valence-corrected chi connectivity index (χ2v) is 5.34. The van der Waals surface area contributed by atoms with Crippen molar-refractivity contribution >= 4 is 22.4 Å². The Bertz CT molecular complexity index is 818. The minimum Gasteiger partial charge on any atom is -0.298 e. The molecule has 0 bridgehead atoms. The summed E-state index contributed by atoms with van der Waals surface area (Å²) in [5.74, 6) is -2.29. The minimum atomic E-state index is -0.905. The maximum Gasteiger partial charge on any atom is 0.260 e. The number of amides is 1. The van der Waals surface area contributed by atoms with Crippen LogP contribution in [0.15, 0.2) is 53.9 Å². The van der Waals surface area contributed by atoms with Gasteiger partial charge >= 0.3 is 0 Å². The third-order valence-corrected chi connectivity index (χ3v) is 3.73. The van der Waals surface area contributed by atoms with Gasteiger partial charge in [0.1, 0.15) is 11.6 Å². The molecule has 0 aliphatic rings. The van der Waals surface area contributed by atoms with Gasteiger partial charge in [0.15, 0.2) is 5.13 Å². The predicted molar refractivity (Wildman–Crippen MR) is 81.9 cm³/mol. The van der Waals surface area contributed by atoms with Gasteiger partial charge < -0.3 is 0 Å². The monoisotopic (exact) mass is 316 g/mol. The SMILES string of the molecule is O=C(Nc1nc(-c2ccccc2)cs1)c1ccc(F)cc1F. The first-order valence-electron chi connectivity index (χ1n) is 6.41. The van der Waals surface area contributed by atoms with Crippen molar-refractivity contribution < 1.29 is 13.6 Å². The lowest BCUT2D eigenvalue weighted by Gasteiger charge is -2.03. The number of hydrogen-bond acceptors (Lipinski definition) is 3.